The predicted molar refractivity (Wildman–Crippen MR) is 81.9 cm³/mol. The Bertz CT molecular complexity index is 547. The molecule has 21 heavy (non-hydrogen) atoms. The lowest BCUT2D eigenvalue weighted by atomic mass is 9.86. The van der Waals surface area contributed by atoms with Gasteiger partial charge in [0.25, 0.3) is 5.91 Å². The van der Waals surface area contributed by atoms with E-state index in [4.69, 9.17) is 6.42 Å². The third kappa shape index (κ3) is 4.64. The molecular formula is C17H21NO3. The smallest absolute Gasteiger partial charge is 0.329 e. The maximum absolute atomic E-state index is 12.1. The highest BCUT2D eigenvalue weighted by Gasteiger charge is 2.21. The second-order valence-electron chi connectivity index (χ2n) is 5.78. The largest absolute Gasteiger partial charge is 0.467 e. The summed E-state index contributed by atoms with van der Waals surface area (Å²) >= 11 is 0. The number of carbonyl (C=O) groups is 2. The van der Waals surface area contributed by atoms with Gasteiger partial charge in [-0.3, -0.25) is 4.79 Å². The third-order valence-corrected chi connectivity index (χ3v) is 3.13. The number of rotatable bonds is 4. The molecule has 4 heteroatoms. The fourth-order valence-electron chi connectivity index (χ4n) is 1.82. The van der Waals surface area contributed by atoms with Gasteiger partial charge in [-0.25, -0.2) is 4.79 Å². The third-order valence-electron chi connectivity index (χ3n) is 3.13. The number of carbonyl (C=O) groups excluding carboxylic acids is 2. The van der Waals surface area contributed by atoms with Crippen LogP contribution in [0, 0.1) is 12.3 Å². The fraction of sp³-hybridized carbons (Fsp3) is 0.412. The van der Waals surface area contributed by atoms with Crippen molar-refractivity contribution in [3.8, 4) is 12.3 Å². The highest BCUT2D eigenvalue weighted by Crippen LogP contribution is 2.22. The van der Waals surface area contributed by atoms with Crippen molar-refractivity contribution in [3.05, 3.63) is 35.4 Å². The Morgan fingerprint density at radius 3 is 2.29 bits per heavy atom. The minimum absolute atomic E-state index is 0.0209. The van der Waals surface area contributed by atoms with Crippen LogP contribution >= 0.6 is 0 Å². The van der Waals surface area contributed by atoms with E-state index in [-0.39, 0.29) is 17.7 Å². The Kier molecular flexibility index (Phi) is 5.54. The number of nitrogens with one attached hydrogen (secondary N) is 1. The Hall–Kier alpha value is -2.28. The molecule has 1 atom stereocenters. The molecule has 0 aliphatic heterocycles. The van der Waals surface area contributed by atoms with E-state index in [0.717, 1.165) is 5.56 Å². The van der Waals surface area contributed by atoms with E-state index in [1.807, 2.05) is 12.1 Å². The fourth-order valence-corrected chi connectivity index (χ4v) is 1.82. The predicted octanol–water partition coefficient (Wildman–Crippen LogP) is 2.28. The normalized spacial score (nSPS) is 12.1. The van der Waals surface area contributed by atoms with Gasteiger partial charge in [0.2, 0.25) is 0 Å². The van der Waals surface area contributed by atoms with Gasteiger partial charge in [0.05, 0.1) is 7.11 Å². The summed E-state index contributed by atoms with van der Waals surface area (Å²) in [5, 5.41) is 2.59. The lowest BCUT2D eigenvalue weighted by Gasteiger charge is -2.19. The van der Waals surface area contributed by atoms with Crippen molar-refractivity contribution >= 4 is 11.9 Å². The Labute approximate surface area is 125 Å². The van der Waals surface area contributed by atoms with Crippen molar-refractivity contribution in [1.82, 2.24) is 5.32 Å². The molecule has 1 aromatic carbocycles. The summed E-state index contributed by atoms with van der Waals surface area (Å²) < 4.78 is 4.62. The minimum Gasteiger partial charge on any atom is -0.467 e. The molecule has 0 saturated heterocycles. The molecule has 1 amide bonds. The number of methoxy groups -OCH3 is 1. The maximum Gasteiger partial charge on any atom is 0.329 e. The molecular weight excluding hydrogens is 266 g/mol. The van der Waals surface area contributed by atoms with Crippen LogP contribution in [-0.2, 0) is 14.9 Å². The van der Waals surface area contributed by atoms with Crippen molar-refractivity contribution in [3.63, 3.8) is 0 Å². The van der Waals surface area contributed by atoms with Gasteiger partial charge >= 0.3 is 5.97 Å². The van der Waals surface area contributed by atoms with Crippen molar-refractivity contribution in [2.24, 2.45) is 0 Å². The standard InChI is InChI=1S/C17H21NO3/c1-6-7-14(16(20)21-5)18-15(19)12-8-10-13(11-9-12)17(2,3)4/h1,8-11,14H,7H2,2-5H3,(H,18,19)/t14-/m1/s1. The van der Waals surface area contributed by atoms with E-state index >= 15 is 0 Å². The molecule has 0 fully saturated rings. The zero-order valence-corrected chi connectivity index (χ0v) is 12.9. The van der Waals surface area contributed by atoms with E-state index < -0.39 is 12.0 Å². The van der Waals surface area contributed by atoms with Gasteiger partial charge in [-0.1, -0.05) is 32.9 Å². The monoisotopic (exact) mass is 287 g/mol. The molecule has 0 heterocycles. The number of amides is 1. The van der Waals surface area contributed by atoms with Gasteiger partial charge in [-0.2, -0.15) is 0 Å². The Balaban J connectivity index is 2.84. The zero-order chi connectivity index (χ0) is 16.0. The van der Waals surface area contributed by atoms with Crippen LogP contribution in [0.2, 0.25) is 0 Å². The summed E-state index contributed by atoms with van der Waals surface area (Å²) in [4.78, 5) is 23.6. The lowest BCUT2D eigenvalue weighted by Crippen LogP contribution is -2.41. The molecule has 112 valence electrons. The summed E-state index contributed by atoms with van der Waals surface area (Å²) in [6.45, 7) is 6.30. The topological polar surface area (TPSA) is 55.4 Å². The van der Waals surface area contributed by atoms with Gasteiger partial charge in [-0.05, 0) is 23.1 Å². The van der Waals surface area contributed by atoms with E-state index in [1.165, 1.54) is 7.11 Å². The first kappa shape index (κ1) is 16.8. The number of hydrogen-bond donors (Lipinski definition) is 1. The average molecular weight is 287 g/mol. The van der Waals surface area contributed by atoms with Crippen LogP contribution in [0.15, 0.2) is 24.3 Å². The van der Waals surface area contributed by atoms with Crippen molar-refractivity contribution in [2.75, 3.05) is 7.11 Å². The van der Waals surface area contributed by atoms with Gasteiger partial charge in [-0.15, -0.1) is 12.3 Å². The van der Waals surface area contributed by atoms with E-state index in [0.29, 0.717) is 5.56 Å². The van der Waals surface area contributed by atoms with Crippen LogP contribution in [-0.4, -0.2) is 25.0 Å². The molecule has 0 radical (unpaired) electrons. The van der Waals surface area contributed by atoms with Gasteiger partial charge < -0.3 is 10.1 Å². The number of ether oxygens (including phenoxy) is 1. The highest BCUT2D eigenvalue weighted by molar-refractivity contribution is 5.96. The number of benzene rings is 1. The van der Waals surface area contributed by atoms with E-state index in [1.54, 1.807) is 12.1 Å². The van der Waals surface area contributed by atoms with Crippen molar-refractivity contribution in [1.29, 1.82) is 0 Å². The summed E-state index contributed by atoms with van der Waals surface area (Å²) in [5.74, 6) is 1.46. The van der Waals surface area contributed by atoms with Gasteiger partial charge in [0.1, 0.15) is 6.04 Å². The van der Waals surface area contributed by atoms with Crippen LogP contribution in [0.1, 0.15) is 43.1 Å². The van der Waals surface area contributed by atoms with Crippen LogP contribution in [0.5, 0.6) is 0 Å². The van der Waals surface area contributed by atoms with Crippen LogP contribution < -0.4 is 5.32 Å². The number of terminal acetylenes is 1. The lowest BCUT2D eigenvalue weighted by molar-refractivity contribution is -0.142. The van der Waals surface area contributed by atoms with Gasteiger partial charge in [0, 0.05) is 12.0 Å². The van der Waals surface area contributed by atoms with E-state index in [9.17, 15) is 9.59 Å². The molecule has 1 aromatic rings. The first-order valence-electron chi connectivity index (χ1n) is 6.72. The molecule has 0 bridgehead atoms. The SMILES string of the molecule is C#CC[C@@H](NC(=O)c1ccc(C(C)(C)C)cc1)C(=O)OC. The first-order valence-corrected chi connectivity index (χ1v) is 6.72. The molecule has 4 nitrogen and oxygen atoms in total. The molecule has 1 N–H and O–H groups in total. The summed E-state index contributed by atoms with van der Waals surface area (Å²) in [5.41, 5.74) is 1.63. The number of hydrogen-bond acceptors (Lipinski definition) is 3. The van der Waals surface area contributed by atoms with Crippen LogP contribution in [0.25, 0.3) is 0 Å². The molecule has 0 aliphatic rings. The second kappa shape index (κ2) is 6.94. The minimum atomic E-state index is -0.824. The molecule has 0 spiro atoms. The Morgan fingerprint density at radius 2 is 1.86 bits per heavy atom. The summed E-state index contributed by atoms with van der Waals surface area (Å²) in [6.07, 6.45) is 5.29. The molecule has 0 saturated carbocycles. The van der Waals surface area contributed by atoms with E-state index in [2.05, 4.69) is 36.7 Å². The zero-order valence-electron chi connectivity index (χ0n) is 12.9. The number of esters is 1. The Morgan fingerprint density at radius 1 is 1.29 bits per heavy atom. The molecule has 0 unspecified atom stereocenters. The molecule has 0 aliphatic carbocycles. The average Bonchev–Trinajstić information content (AvgIpc) is 2.45. The van der Waals surface area contributed by atoms with Crippen molar-refractivity contribution in [2.45, 2.75) is 38.6 Å². The quantitative estimate of drug-likeness (QED) is 0.683. The second-order valence-corrected chi connectivity index (χ2v) is 5.78. The maximum atomic E-state index is 12.1. The summed E-state index contributed by atoms with van der Waals surface area (Å²) in [6, 6.07) is 6.46. The first-order chi connectivity index (χ1) is 9.79. The summed E-state index contributed by atoms with van der Waals surface area (Å²) in [7, 11) is 1.26. The van der Waals surface area contributed by atoms with Gasteiger partial charge in [0.15, 0.2) is 0 Å². The van der Waals surface area contributed by atoms with Crippen LogP contribution in [0.3, 0.4) is 0 Å². The highest BCUT2D eigenvalue weighted by atomic mass is 16.5. The van der Waals surface area contributed by atoms with Crippen molar-refractivity contribution < 1.29 is 14.3 Å². The van der Waals surface area contributed by atoms with Crippen LogP contribution in [0.4, 0.5) is 0 Å². The molecule has 1 rings (SSSR count). The molecule has 0 aromatic heterocycles.